The maximum atomic E-state index is 4.26. The quantitative estimate of drug-likeness (QED) is 0.396. The van der Waals surface area contributed by atoms with Crippen LogP contribution in [-0.4, -0.2) is 77.0 Å². The van der Waals surface area contributed by atoms with Crippen LogP contribution in [0.15, 0.2) is 0 Å². The summed E-state index contributed by atoms with van der Waals surface area (Å²) in [4.78, 5) is 0. The van der Waals surface area contributed by atoms with E-state index in [2.05, 4.69) is 64.8 Å². The van der Waals surface area contributed by atoms with Crippen LogP contribution in [0, 0.1) is 0 Å². The molecule has 0 saturated carbocycles. The van der Waals surface area contributed by atoms with Crippen LogP contribution in [0.4, 0.5) is 0 Å². The molecule has 0 rings (SSSR count). The molecule has 0 bridgehead atoms. The van der Waals surface area contributed by atoms with Crippen LogP contribution in [0.2, 0.25) is 0 Å². The summed E-state index contributed by atoms with van der Waals surface area (Å²) in [6.45, 7) is 14.8. The molecule has 0 aliphatic rings. The van der Waals surface area contributed by atoms with E-state index in [-0.39, 0.29) is 23.8 Å². The molecule has 0 fully saturated rings. The Bertz CT molecular complexity index is 140. The van der Waals surface area contributed by atoms with Crippen molar-refractivity contribution in [2.45, 2.75) is 0 Å². The van der Waals surface area contributed by atoms with E-state index in [1.165, 1.54) is 0 Å². The van der Waals surface area contributed by atoms with Crippen LogP contribution in [0.25, 0.3) is 0 Å². The zero-order valence-corrected chi connectivity index (χ0v) is 18.5. The third-order valence-electron chi connectivity index (χ3n) is 2.87. The van der Waals surface area contributed by atoms with Crippen molar-refractivity contribution in [1.82, 2.24) is 0 Å². The zero-order valence-electron chi connectivity index (χ0n) is 12.9. The van der Waals surface area contributed by atoms with E-state index in [4.69, 9.17) is 0 Å². The molecule has 0 radical (unpaired) electrons. The summed E-state index contributed by atoms with van der Waals surface area (Å²) in [5.41, 5.74) is 0. The monoisotopic (exact) mass is 394 g/mol. The molecule has 0 aromatic rings. The van der Waals surface area contributed by atoms with E-state index in [0.717, 1.165) is 0 Å². The Morgan fingerprint density at radius 3 is 1.44 bits per heavy atom. The van der Waals surface area contributed by atoms with Gasteiger partial charge in [-0.05, 0) is 29.2 Å². The molecule has 0 aromatic heterocycles. The molecule has 6 heteroatoms. The minimum atomic E-state index is 0.0336. The molecule has 0 unspecified atom stereocenters. The Hall–Kier alpha value is 2.50. The number of rotatable bonds is 9. The molecular formula is C12H33ClNiP4+3. The average Bonchev–Trinajstić information content (AvgIpc) is 2.29. The topological polar surface area (TPSA) is 0 Å². The van der Waals surface area contributed by atoms with Crippen molar-refractivity contribution >= 4 is 41.9 Å². The van der Waals surface area contributed by atoms with Crippen molar-refractivity contribution in [2.75, 3.05) is 77.0 Å². The minimum absolute atomic E-state index is 0.0336. The molecule has 0 nitrogen and oxygen atoms in total. The molecule has 0 saturated heterocycles. The first kappa shape index (κ1) is 22.8. The molecule has 115 valence electrons. The first-order valence-electron chi connectivity index (χ1n) is 6.60. The van der Waals surface area contributed by atoms with Gasteiger partial charge < -0.3 is 0 Å². The fraction of sp³-hybridized carbons (Fsp3) is 1.00. The summed E-state index contributed by atoms with van der Waals surface area (Å²) < 4.78 is 0. The standard InChI is InChI=1S/C12H30P4.ClH.Ni/c1-13(2)7-10-16(11-8-14(3)4)12-9-15(5)6;;/h7-12H2,1-6H3;1H;/q;;+1/p+2. The van der Waals surface area contributed by atoms with Crippen molar-refractivity contribution in [2.24, 2.45) is 0 Å². The van der Waals surface area contributed by atoms with Crippen molar-refractivity contribution in [1.29, 1.82) is 0 Å². The first-order chi connectivity index (χ1) is 8.41. The molecule has 0 aromatic carbocycles. The molecule has 0 aliphatic heterocycles. The summed E-state index contributed by atoms with van der Waals surface area (Å²) in [5.74, 6) is 0. The van der Waals surface area contributed by atoms with Crippen molar-refractivity contribution in [3.63, 3.8) is 0 Å². The number of halogens is 1. The summed E-state index contributed by atoms with van der Waals surface area (Å²) in [6, 6.07) is 0. The van der Waals surface area contributed by atoms with Gasteiger partial charge in [0.15, 0.2) is 0 Å². The SMILES string of the molecule is CP(C)CC[PH+](CC[PH+](C)C)CC[PH+](C)C.[Cl][Ni]. The third-order valence-corrected chi connectivity index (χ3v) is 10.8. The first-order valence-corrected chi connectivity index (χ1v) is 17.9. The van der Waals surface area contributed by atoms with E-state index < -0.39 is 0 Å². The Morgan fingerprint density at radius 2 is 1.17 bits per heavy atom. The van der Waals surface area contributed by atoms with Gasteiger partial charge in [0.25, 0.3) is 0 Å². The van der Waals surface area contributed by atoms with Gasteiger partial charge in [-0.2, -0.15) is 0 Å². The number of hydrogen-bond acceptors (Lipinski definition) is 0. The normalized spacial score (nSPS) is 11.4. The van der Waals surface area contributed by atoms with E-state index in [0.29, 0.717) is 7.92 Å². The summed E-state index contributed by atoms with van der Waals surface area (Å²) in [5, 5.41) is 0. The van der Waals surface area contributed by atoms with Crippen molar-refractivity contribution in [3.8, 4) is 0 Å². The molecule has 0 spiro atoms. The van der Waals surface area contributed by atoms with Crippen LogP contribution in [0.5, 0.6) is 0 Å². The predicted octanol–water partition coefficient (Wildman–Crippen LogP) is 4.58. The van der Waals surface area contributed by atoms with Crippen LogP contribution >= 0.6 is 41.9 Å². The summed E-state index contributed by atoms with van der Waals surface area (Å²) in [6.07, 6.45) is 9.59. The van der Waals surface area contributed by atoms with E-state index >= 15 is 0 Å². The van der Waals surface area contributed by atoms with Gasteiger partial charge in [-0.25, -0.2) is 0 Å². The van der Waals surface area contributed by atoms with Crippen LogP contribution in [0.1, 0.15) is 0 Å². The molecule has 0 amide bonds. The molecule has 18 heavy (non-hydrogen) atoms. The second-order valence-electron chi connectivity index (χ2n) is 5.72. The van der Waals surface area contributed by atoms with Crippen molar-refractivity contribution < 1.29 is 14.6 Å². The van der Waals surface area contributed by atoms with Crippen LogP contribution in [0.3, 0.4) is 0 Å². The third kappa shape index (κ3) is 18.5. The number of hydrogen-bond donors (Lipinski definition) is 0. The van der Waals surface area contributed by atoms with E-state index in [9.17, 15) is 0 Å². The maximum absolute atomic E-state index is 4.26. The van der Waals surface area contributed by atoms with Crippen LogP contribution < -0.4 is 0 Å². The predicted molar refractivity (Wildman–Crippen MR) is 102 cm³/mol. The summed E-state index contributed by atoms with van der Waals surface area (Å²) >= 11 is 3.35. The average molecular weight is 395 g/mol. The van der Waals surface area contributed by atoms with E-state index in [1.54, 1.807) is 37.0 Å². The fourth-order valence-corrected chi connectivity index (χ4v) is 12.2. The Kier molecular flexibility index (Phi) is 20.1. The Morgan fingerprint density at radius 1 is 0.778 bits per heavy atom. The van der Waals surface area contributed by atoms with Gasteiger partial charge in [0.2, 0.25) is 0 Å². The van der Waals surface area contributed by atoms with E-state index in [1.807, 2.05) is 0 Å². The van der Waals surface area contributed by atoms with Gasteiger partial charge in [0, 0.05) is 40.7 Å². The summed E-state index contributed by atoms with van der Waals surface area (Å²) in [7, 11) is 4.73. The molecule has 0 N–H and O–H groups in total. The van der Waals surface area contributed by atoms with Gasteiger partial charge >= 0.3 is 24.8 Å². The molecule has 0 heterocycles. The molecule has 0 atom stereocenters. The fourth-order valence-electron chi connectivity index (χ4n) is 1.61. The van der Waals surface area contributed by atoms with Gasteiger partial charge in [-0.1, -0.05) is 0 Å². The van der Waals surface area contributed by atoms with Crippen LogP contribution in [-0.2, 0) is 14.6 Å². The van der Waals surface area contributed by atoms with Gasteiger partial charge in [0.05, 0.1) is 30.8 Å². The zero-order chi connectivity index (χ0) is 14.6. The second kappa shape index (κ2) is 15.9. The second-order valence-corrected chi connectivity index (χ2v) is 17.2. The Balaban J connectivity index is 0. The van der Waals surface area contributed by atoms with Gasteiger partial charge in [-0.3, -0.25) is 0 Å². The van der Waals surface area contributed by atoms with Gasteiger partial charge in [0.1, 0.15) is 0 Å². The Labute approximate surface area is 133 Å². The molecule has 0 aliphatic carbocycles. The van der Waals surface area contributed by atoms with Gasteiger partial charge in [-0.15, -0.1) is 7.92 Å². The molecular weight excluding hydrogens is 362 g/mol. The van der Waals surface area contributed by atoms with Crippen molar-refractivity contribution in [3.05, 3.63) is 0 Å².